The number of aromatic nitrogens is 2. The van der Waals surface area contributed by atoms with Crippen molar-refractivity contribution in [2.24, 2.45) is 5.92 Å². The molecule has 35 heavy (non-hydrogen) atoms. The van der Waals surface area contributed by atoms with Gasteiger partial charge in [-0.15, -0.1) is 12.4 Å². The Morgan fingerprint density at radius 3 is 2.51 bits per heavy atom. The highest BCUT2D eigenvalue weighted by molar-refractivity contribution is 5.90. The van der Waals surface area contributed by atoms with Gasteiger partial charge in [0.05, 0.1) is 4.92 Å². The molecule has 0 atom stereocenters. The standard InChI is InChI=1S/C25H27N5O4.ClH/c31-25(24-27-23(34-28-24)11-8-19-6-9-22(10-7-19)30(32)33)26-15-12-20-13-16-29(17-14-20)18-21-4-2-1-3-5-21;/h1-11,20H,12-18H2,(H,26,31);1H/b11-8+;. The van der Waals surface area contributed by atoms with Gasteiger partial charge in [-0.3, -0.25) is 19.8 Å². The number of piperidine rings is 1. The first-order chi connectivity index (χ1) is 16.6. The molecular weight excluding hydrogens is 470 g/mol. The fourth-order valence-corrected chi connectivity index (χ4v) is 4.01. The first-order valence-corrected chi connectivity index (χ1v) is 11.4. The van der Waals surface area contributed by atoms with E-state index in [9.17, 15) is 14.9 Å². The molecule has 9 nitrogen and oxygen atoms in total. The third kappa shape index (κ3) is 7.73. The molecule has 184 valence electrons. The Morgan fingerprint density at radius 1 is 1.11 bits per heavy atom. The lowest BCUT2D eigenvalue weighted by molar-refractivity contribution is -0.384. The number of hydrogen-bond acceptors (Lipinski definition) is 7. The van der Waals surface area contributed by atoms with Crippen LogP contribution in [0.15, 0.2) is 59.1 Å². The SMILES string of the molecule is Cl.O=C(NCCC1CCN(Cc2ccccc2)CC1)c1noc(/C=C/c2ccc([N+](=O)[O-])cc2)n1. The Bertz CT molecular complexity index is 1130. The summed E-state index contributed by atoms with van der Waals surface area (Å²) in [6, 6.07) is 16.6. The molecule has 0 spiro atoms. The zero-order valence-corrected chi connectivity index (χ0v) is 20.0. The van der Waals surface area contributed by atoms with Crippen molar-refractivity contribution < 1.29 is 14.2 Å². The lowest BCUT2D eigenvalue weighted by Gasteiger charge is -2.32. The van der Waals surface area contributed by atoms with Gasteiger partial charge in [-0.05, 0) is 67.6 Å². The molecule has 1 aliphatic rings. The van der Waals surface area contributed by atoms with Crippen LogP contribution in [0.3, 0.4) is 0 Å². The first kappa shape index (κ1) is 26.1. The molecule has 10 heteroatoms. The molecule has 4 rings (SSSR count). The highest BCUT2D eigenvalue weighted by atomic mass is 35.5. The predicted molar refractivity (Wildman–Crippen MR) is 135 cm³/mol. The summed E-state index contributed by atoms with van der Waals surface area (Å²) in [6.07, 6.45) is 6.43. The zero-order valence-electron chi connectivity index (χ0n) is 19.2. The summed E-state index contributed by atoms with van der Waals surface area (Å²) in [4.78, 5) is 29.2. The van der Waals surface area contributed by atoms with Crippen LogP contribution in [-0.2, 0) is 6.54 Å². The van der Waals surface area contributed by atoms with Gasteiger partial charge in [0.25, 0.3) is 23.3 Å². The molecule has 0 radical (unpaired) electrons. The minimum atomic E-state index is -0.453. The highest BCUT2D eigenvalue weighted by Gasteiger charge is 2.20. The average Bonchev–Trinajstić information content (AvgIpc) is 3.34. The average molecular weight is 498 g/mol. The van der Waals surface area contributed by atoms with Crippen LogP contribution in [-0.4, -0.2) is 45.5 Å². The van der Waals surface area contributed by atoms with Crippen LogP contribution in [0.4, 0.5) is 5.69 Å². The Kier molecular flexibility index (Phi) is 9.51. The lowest BCUT2D eigenvalue weighted by Crippen LogP contribution is -2.35. The monoisotopic (exact) mass is 497 g/mol. The van der Waals surface area contributed by atoms with Crippen molar-refractivity contribution >= 4 is 36.2 Å². The maximum absolute atomic E-state index is 12.3. The minimum absolute atomic E-state index is 0. The van der Waals surface area contributed by atoms with E-state index in [0.29, 0.717) is 12.5 Å². The second-order valence-electron chi connectivity index (χ2n) is 8.39. The van der Waals surface area contributed by atoms with Crippen molar-refractivity contribution in [2.75, 3.05) is 19.6 Å². The molecule has 0 unspecified atom stereocenters. The van der Waals surface area contributed by atoms with Gasteiger partial charge in [-0.1, -0.05) is 35.5 Å². The number of nitrogens with zero attached hydrogens (tertiary/aromatic N) is 4. The number of nitro benzene ring substituents is 1. The summed E-state index contributed by atoms with van der Waals surface area (Å²) in [5, 5.41) is 17.3. The van der Waals surface area contributed by atoms with E-state index in [1.54, 1.807) is 24.3 Å². The van der Waals surface area contributed by atoms with Crippen LogP contribution >= 0.6 is 12.4 Å². The lowest BCUT2D eigenvalue weighted by atomic mass is 9.93. The van der Waals surface area contributed by atoms with Gasteiger partial charge in [-0.2, -0.15) is 4.98 Å². The quantitative estimate of drug-likeness (QED) is 0.339. The molecule has 2 aromatic carbocycles. The summed E-state index contributed by atoms with van der Waals surface area (Å²) in [7, 11) is 0. The number of carbonyl (C=O) groups excluding carboxylic acids is 1. The third-order valence-electron chi connectivity index (χ3n) is 5.96. The van der Waals surface area contributed by atoms with Crippen LogP contribution in [0.5, 0.6) is 0 Å². The molecule has 3 aromatic rings. The van der Waals surface area contributed by atoms with Crippen molar-refractivity contribution in [3.05, 3.63) is 87.6 Å². The number of non-ortho nitro benzene ring substituents is 1. The van der Waals surface area contributed by atoms with Crippen molar-refractivity contribution in [3.8, 4) is 0 Å². The van der Waals surface area contributed by atoms with Gasteiger partial charge in [0.15, 0.2) is 0 Å². The number of rotatable bonds is 9. The molecular formula is C25H28ClN5O4. The molecule has 0 bridgehead atoms. The van der Waals surface area contributed by atoms with E-state index < -0.39 is 4.92 Å². The summed E-state index contributed by atoms with van der Waals surface area (Å²) in [5.41, 5.74) is 2.10. The van der Waals surface area contributed by atoms with Crippen molar-refractivity contribution in [1.29, 1.82) is 0 Å². The van der Waals surface area contributed by atoms with Crippen LogP contribution in [0.25, 0.3) is 12.2 Å². The molecule has 1 aromatic heterocycles. The van der Waals surface area contributed by atoms with E-state index in [4.69, 9.17) is 4.52 Å². The van der Waals surface area contributed by atoms with Crippen molar-refractivity contribution in [3.63, 3.8) is 0 Å². The van der Waals surface area contributed by atoms with Gasteiger partial charge in [-0.25, -0.2) is 0 Å². The first-order valence-electron chi connectivity index (χ1n) is 11.4. The van der Waals surface area contributed by atoms with E-state index in [1.807, 2.05) is 6.07 Å². The maximum Gasteiger partial charge on any atom is 0.292 e. The van der Waals surface area contributed by atoms with Gasteiger partial charge in [0, 0.05) is 31.3 Å². The normalized spacial score (nSPS) is 14.5. The zero-order chi connectivity index (χ0) is 23.8. The van der Waals surface area contributed by atoms with Gasteiger partial charge in [0.2, 0.25) is 0 Å². The van der Waals surface area contributed by atoms with E-state index in [2.05, 4.69) is 44.6 Å². The number of carbonyl (C=O) groups is 1. The molecule has 1 fully saturated rings. The number of likely N-dealkylation sites (tertiary alicyclic amines) is 1. The number of amides is 1. The molecule has 1 amide bonds. The van der Waals surface area contributed by atoms with E-state index in [0.717, 1.165) is 44.5 Å². The van der Waals surface area contributed by atoms with E-state index >= 15 is 0 Å². The summed E-state index contributed by atoms with van der Waals surface area (Å²) in [6.45, 7) is 3.71. The number of nitrogens with one attached hydrogen (secondary N) is 1. The largest absolute Gasteiger partial charge is 0.349 e. The molecule has 0 saturated carbocycles. The van der Waals surface area contributed by atoms with E-state index in [1.165, 1.54) is 17.7 Å². The smallest absolute Gasteiger partial charge is 0.292 e. The number of halogens is 1. The molecule has 1 saturated heterocycles. The molecule has 2 heterocycles. The summed E-state index contributed by atoms with van der Waals surface area (Å²) in [5.74, 6) is 0.411. The molecule has 1 aliphatic heterocycles. The van der Waals surface area contributed by atoms with Crippen LogP contribution < -0.4 is 5.32 Å². The highest BCUT2D eigenvalue weighted by Crippen LogP contribution is 2.21. The van der Waals surface area contributed by atoms with Crippen LogP contribution in [0, 0.1) is 16.0 Å². The summed E-state index contributed by atoms with van der Waals surface area (Å²) >= 11 is 0. The Morgan fingerprint density at radius 2 is 1.83 bits per heavy atom. The predicted octanol–water partition coefficient (Wildman–Crippen LogP) is 4.60. The number of hydrogen-bond donors (Lipinski definition) is 1. The third-order valence-corrected chi connectivity index (χ3v) is 5.96. The fourth-order valence-electron chi connectivity index (χ4n) is 4.01. The van der Waals surface area contributed by atoms with Crippen molar-refractivity contribution in [1.82, 2.24) is 20.4 Å². The van der Waals surface area contributed by atoms with E-state index in [-0.39, 0.29) is 35.7 Å². The number of nitro groups is 1. The molecule has 1 N–H and O–H groups in total. The fraction of sp³-hybridized carbons (Fsp3) is 0.320. The van der Waals surface area contributed by atoms with Gasteiger partial charge >= 0.3 is 0 Å². The Hall–Kier alpha value is -3.56. The van der Waals surface area contributed by atoms with Crippen LogP contribution in [0.2, 0.25) is 0 Å². The Labute approximate surface area is 209 Å². The maximum atomic E-state index is 12.3. The molecule has 0 aliphatic carbocycles. The minimum Gasteiger partial charge on any atom is -0.349 e. The topological polar surface area (TPSA) is 114 Å². The second-order valence-corrected chi connectivity index (χ2v) is 8.39. The van der Waals surface area contributed by atoms with Crippen molar-refractivity contribution in [2.45, 2.75) is 25.8 Å². The van der Waals surface area contributed by atoms with Crippen LogP contribution in [0.1, 0.15) is 46.9 Å². The summed E-state index contributed by atoms with van der Waals surface area (Å²) < 4.78 is 5.10. The van der Waals surface area contributed by atoms with Gasteiger partial charge in [0.1, 0.15) is 0 Å². The Balaban J connectivity index is 0.00000342. The van der Waals surface area contributed by atoms with Gasteiger partial charge < -0.3 is 9.84 Å². The second kappa shape index (κ2) is 12.8. The number of benzene rings is 2.